The largest absolute Gasteiger partial charge is 0.460 e. The predicted molar refractivity (Wildman–Crippen MR) is 92.1 cm³/mol. The summed E-state index contributed by atoms with van der Waals surface area (Å²) in [6.07, 6.45) is 0.626. The van der Waals surface area contributed by atoms with E-state index in [0.29, 0.717) is 6.42 Å². The van der Waals surface area contributed by atoms with Crippen LogP contribution in [-0.2, 0) is 14.3 Å². The lowest BCUT2D eigenvalue weighted by Gasteiger charge is -2.24. The van der Waals surface area contributed by atoms with Crippen LogP contribution in [0.5, 0.6) is 5.75 Å². The maximum atomic E-state index is 12.5. The lowest BCUT2D eigenvalue weighted by atomic mass is 9.89. The molecule has 0 spiro atoms. The molecule has 1 rings (SSSR count). The van der Waals surface area contributed by atoms with E-state index in [2.05, 4.69) is 0 Å². The second kappa shape index (κ2) is 8.60. The molecule has 7 nitrogen and oxygen atoms in total. The summed E-state index contributed by atoms with van der Waals surface area (Å²) in [6.45, 7) is 9.08. The van der Waals surface area contributed by atoms with Gasteiger partial charge in [-0.05, 0) is 38.8 Å². The summed E-state index contributed by atoms with van der Waals surface area (Å²) < 4.78 is 10.6. The van der Waals surface area contributed by atoms with E-state index >= 15 is 0 Å². The Balaban J connectivity index is 2.82. The Hall–Kier alpha value is -2.44. The first-order valence-corrected chi connectivity index (χ1v) is 8.21. The maximum Gasteiger partial charge on any atom is 0.315 e. The Labute approximate surface area is 147 Å². The highest BCUT2D eigenvalue weighted by molar-refractivity contribution is 5.81. The number of rotatable bonds is 7. The summed E-state index contributed by atoms with van der Waals surface area (Å²) in [5.41, 5.74) is -0.716. The quantitative estimate of drug-likeness (QED) is 0.320. The van der Waals surface area contributed by atoms with Gasteiger partial charge in [0.2, 0.25) is 0 Å². The highest BCUT2D eigenvalue weighted by Gasteiger charge is 2.30. The third-order valence-electron chi connectivity index (χ3n) is 3.71. The van der Waals surface area contributed by atoms with Crippen LogP contribution in [0.3, 0.4) is 0 Å². The highest BCUT2D eigenvalue weighted by atomic mass is 16.6. The molecular weight excluding hydrogens is 326 g/mol. The fourth-order valence-electron chi connectivity index (χ4n) is 2.19. The van der Waals surface area contributed by atoms with Crippen LogP contribution in [0, 0.1) is 22.0 Å². The van der Waals surface area contributed by atoms with E-state index < -0.39 is 28.4 Å². The first-order chi connectivity index (χ1) is 11.5. The van der Waals surface area contributed by atoms with Crippen LogP contribution in [0.15, 0.2) is 24.3 Å². The number of benzene rings is 1. The van der Waals surface area contributed by atoms with Gasteiger partial charge in [0, 0.05) is 12.1 Å². The minimum absolute atomic E-state index is 0.0712. The highest BCUT2D eigenvalue weighted by Crippen LogP contribution is 2.25. The van der Waals surface area contributed by atoms with Gasteiger partial charge in [-0.3, -0.25) is 19.7 Å². The zero-order valence-corrected chi connectivity index (χ0v) is 15.3. The minimum atomic E-state index is -0.643. The zero-order valence-electron chi connectivity index (χ0n) is 15.3. The van der Waals surface area contributed by atoms with E-state index in [1.54, 1.807) is 20.8 Å². The third kappa shape index (κ3) is 6.91. The molecule has 0 radical (unpaired) electrons. The predicted octanol–water partition coefficient (Wildman–Crippen LogP) is 3.89. The van der Waals surface area contributed by atoms with Crippen LogP contribution in [-0.4, -0.2) is 22.5 Å². The second-order valence-electron chi connectivity index (χ2n) is 6.95. The van der Waals surface area contributed by atoms with E-state index in [9.17, 15) is 19.7 Å². The van der Waals surface area contributed by atoms with Crippen molar-refractivity contribution in [2.24, 2.45) is 11.8 Å². The molecule has 0 bridgehead atoms. The van der Waals surface area contributed by atoms with Gasteiger partial charge in [-0.25, -0.2) is 0 Å². The van der Waals surface area contributed by atoms with E-state index in [-0.39, 0.29) is 23.8 Å². The van der Waals surface area contributed by atoms with Crippen LogP contribution in [0.1, 0.15) is 47.5 Å². The van der Waals surface area contributed by atoms with Crippen LogP contribution in [0.4, 0.5) is 5.69 Å². The van der Waals surface area contributed by atoms with Crippen molar-refractivity contribution in [1.82, 2.24) is 0 Å². The molecule has 1 aromatic carbocycles. The Morgan fingerprint density at radius 2 is 1.76 bits per heavy atom. The average molecular weight is 351 g/mol. The summed E-state index contributed by atoms with van der Waals surface area (Å²) in [5.74, 6) is -1.52. The van der Waals surface area contributed by atoms with Crippen molar-refractivity contribution in [2.75, 3.05) is 0 Å². The molecule has 2 atom stereocenters. The molecule has 0 saturated heterocycles. The van der Waals surface area contributed by atoms with Gasteiger partial charge < -0.3 is 9.47 Å². The lowest BCUT2D eigenvalue weighted by Crippen LogP contribution is -2.32. The molecule has 0 N–H and O–H groups in total. The smallest absolute Gasteiger partial charge is 0.315 e. The number of esters is 2. The normalized spacial score (nSPS) is 13.6. The number of nitro groups is 1. The SMILES string of the molecule is CC[C@H](C)[C@H](CC(=O)OC(C)(C)C)C(=O)Oc1ccc([N+](=O)[O-])cc1. The van der Waals surface area contributed by atoms with Gasteiger partial charge in [0.25, 0.3) is 5.69 Å². The Morgan fingerprint density at radius 1 is 1.20 bits per heavy atom. The molecule has 0 fully saturated rings. The van der Waals surface area contributed by atoms with Crippen molar-refractivity contribution in [3.8, 4) is 5.75 Å². The van der Waals surface area contributed by atoms with Crippen molar-refractivity contribution < 1.29 is 24.0 Å². The molecule has 0 amide bonds. The molecule has 0 aliphatic carbocycles. The molecular formula is C18H25NO6. The maximum absolute atomic E-state index is 12.5. The summed E-state index contributed by atoms with van der Waals surface area (Å²) in [5, 5.41) is 10.7. The lowest BCUT2D eigenvalue weighted by molar-refractivity contribution is -0.384. The number of carbonyl (C=O) groups is 2. The number of hydrogen-bond donors (Lipinski definition) is 0. The monoisotopic (exact) mass is 351 g/mol. The number of non-ortho nitro benzene ring substituents is 1. The number of nitrogens with zero attached hydrogens (tertiary/aromatic N) is 1. The van der Waals surface area contributed by atoms with Crippen molar-refractivity contribution >= 4 is 17.6 Å². The number of carbonyl (C=O) groups excluding carboxylic acids is 2. The second-order valence-corrected chi connectivity index (χ2v) is 6.95. The molecule has 0 aromatic heterocycles. The van der Waals surface area contributed by atoms with Crippen LogP contribution in [0.2, 0.25) is 0 Å². The minimum Gasteiger partial charge on any atom is -0.460 e. The molecule has 25 heavy (non-hydrogen) atoms. The van der Waals surface area contributed by atoms with E-state index in [1.807, 2.05) is 13.8 Å². The Bertz CT molecular complexity index is 617. The number of hydrogen-bond acceptors (Lipinski definition) is 6. The topological polar surface area (TPSA) is 95.7 Å². The first kappa shape index (κ1) is 20.6. The van der Waals surface area contributed by atoms with E-state index in [0.717, 1.165) is 0 Å². The molecule has 0 aliphatic rings. The summed E-state index contributed by atoms with van der Waals surface area (Å²) in [6, 6.07) is 5.23. The van der Waals surface area contributed by atoms with Gasteiger partial charge in [0.1, 0.15) is 11.4 Å². The van der Waals surface area contributed by atoms with E-state index in [1.165, 1.54) is 24.3 Å². The van der Waals surface area contributed by atoms with Gasteiger partial charge in [0.15, 0.2) is 0 Å². The van der Waals surface area contributed by atoms with Crippen LogP contribution in [0.25, 0.3) is 0 Å². The average Bonchev–Trinajstić information content (AvgIpc) is 2.50. The van der Waals surface area contributed by atoms with Gasteiger partial charge in [0.05, 0.1) is 17.3 Å². The molecule has 0 saturated carbocycles. The third-order valence-corrected chi connectivity index (χ3v) is 3.71. The number of nitro benzene ring substituents is 1. The Morgan fingerprint density at radius 3 is 2.20 bits per heavy atom. The van der Waals surface area contributed by atoms with Crippen molar-refractivity contribution in [2.45, 2.75) is 53.1 Å². The molecule has 1 aromatic rings. The van der Waals surface area contributed by atoms with Crippen molar-refractivity contribution in [1.29, 1.82) is 0 Å². The van der Waals surface area contributed by atoms with Gasteiger partial charge in [-0.1, -0.05) is 20.3 Å². The number of ether oxygens (including phenoxy) is 2. The molecule has 138 valence electrons. The van der Waals surface area contributed by atoms with E-state index in [4.69, 9.17) is 9.47 Å². The summed E-state index contributed by atoms with van der Waals surface area (Å²) in [4.78, 5) is 34.7. The first-order valence-electron chi connectivity index (χ1n) is 8.21. The Kier molecular flexibility index (Phi) is 7.09. The summed E-state index contributed by atoms with van der Waals surface area (Å²) in [7, 11) is 0. The molecule has 0 aliphatic heterocycles. The van der Waals surface area contributed by atoms with Crippen LogP contribution < -0.4 is 4.74 Å². The zero-order chi connectivity index (χ0) is 19.2. The van der Waals surface area contributed by atoms with Crippen LogP contribution >= 0.6 is 0 Å². The van der Waals surface area contributed by atoms with Gasteiger partial charge >= 0.3 is 11.9 Å². The summed E-state index contributed by atoms with van der Waals surface area (Å²) >= 11 is 0. The fourth-order valence-corrected chi connectivity index (χ4v) is 2.19. The van der Waals surface area contributed by atoms with Gasteiger partial charge in [-0.15, -0.1) is 0 Å². The molecule has 0 unspecified atom stereocenters. The van der Waals surface area contributed by atoms with Crippen molar-refractivity contribution in [3.05, 3.63) is 34.4 Å². The standard InChI is InChI=1S/C18H25NO6/c1-6-12(2)15(11-16(20)25-18(3,4)5)17(21)24-14-9-7-13(8-10-14)19(22)23/h7-10,12,15H,6,11H2,1-5H3/t12-,15-/m0/s1. The fraction of sp³-hybridized carbons (Fsp3) is 0.556. The van der Waals surface area contributed by atoms with Crippen molar-refractivity contribution in [3.63, 3.8) is 0 Å². The molecule has 7 heteroatoms. The molecule has 0 heterocycles. The van der Waals surface area contributed by atoms with Gasteiger partial charge in [-0.2, -0.15) is 0 Å².